The molecule has 0 heterocycles. The van der Waals surface area contributed by atoms with Crippen LogP contribution in [-0.4, -0.2) is 22.4 Å². The molecule has 0 aromatic heterocycles. The van der Waals surface area contributed by atoms with E-state index in [0.717, 1.165) is 0 Å². The Morgan fingerprint density at radius 3 is 2.06 bits per heavy atom. The third-order valence-corrected chi connectivity index (χ3v) is 3.25. The van der Waals surface area contributed by atoms with Crippen molar-refractivity contribution in [2.45, 2.75) is 59.1 Å². The number of hydrogen-bond acceptors (Lipinski definition) is 4. The minimum atomic E-state index is -0.579. The van der Waals surface area contributed by atoms with Crippen molar-refractivity contribution in [1.29, 1.82) is 0 Å². The van der Waals surface area contributed by atoms with E-state index in [-0.39, 0.29) is 15.8 Å². The first-order chi connectivity index (χ1) is 7.58. The van der Waals surface area contributed by atoms with E-state index in [0.29, 0.717) is 19.4 Å². The van der Waals surface area contributed by atoms with Gasteiger partial charge in [-0.25, -0.2) is 0 Å². The highest BCUT2D eigenvalue weighted by Gasteiger charge is 2.30. The molecule has 0 aromatic carbocycles. The van der Waals surface area contributed by atoms with Crippen molar-refractivity contribution in [3.8, 4) is 0 Å². The summed E-state index contributed by atoms with van der Waals surface area (Å²) < 4.78 is 4.92. The van der Waals surface area contributed by atoms with Gasteiger partial charge >= 0.3 is 5.97 Å². The van der Waals surface area contributed by atoms with Crippen molar-refractivity contribution in [3.63, 3.8) is 0 Å². The molecule has 0 aromatic rings. The first kappa shape index (κ1) is 16.5. The van der Waals surface area contributed by atoms with Crippen molar-refractivity contribution < 1.29 is 14.3 Å². The lowest BCUT2D eigenvalue weighted by atomic mass is 9.88. The zero-order valence-electron chi connectivity index (χ0n) is 11.8. The summed E-state index contributed by atoms with van der Waals surface area (Å²) in [5.74, 6) is -0.228. The van der Waals surface area contributed by atoms with Crippen LogP contribution in [0.2, 0.25) is 0 Å². The minimum absolute atomic E-state index is 0.0643. The molecule has 3 nitrogen and oxygen atoms in total. The molecule has 0 bridgehead atoms. The van der Waals surface area contributed by atoms with Crippen molar-refractivity contribution >= 4 is 22.8 Å². The first-order valence-electron chi connectivity index (χ1n) is 5.97. The number of carbonyl (C=O) groups is 2. The monoisotopic (exact) mass is 260 g/mol. The highest BCUT2D eigenvalue weighted by atomic mass is 32.2. The summed E-state index contributed by atoms with van der Waals surface area (Å²) in [6.45, 7) is 11.8. The van der Waals surface area contributed by atoms with Gasteiger partial charge in [-0.05, 0) is 27.2 Å². The summed E-state index contributed by atoms with van der Waals surface area (Å²) >= 11 is 1.33. The van der Waals surface area contributed by atoms with Crippen LogP contribution < -0.4 is 0 Å². The van der Waals surface area contributed by atoms with E-state index in [4.69, 9.17) is 4.74 Å². The Balaban J connectivity index is 4.18. The zero-order chi connectivity index (χ0) is 13.7. The van der Waals surface area contributed by atoms with Crippen LogP contribution in [0.15, 0.2) is 0 Å². The first-order valence-corrected chi connectivity index (χ1v) is 6.79. The Morgan fingerprint density at radius 2 is 1.65 bits per heavy atom. The summed E-state index contributed by atoms with van der Waals surface area (Å²) in [5, 5.41) is 0.134. The molecular formula is C13H24O3S. The van der Waals surface area contributed by atoms with Crippen molar-refractivity contribution in [2.75, 3.05) is 6.61 Å². The van der Waals surface area contributed by atoms with E-state index in [1.807, 2.05) is 34.6 Å². The van der Waals surface area contributed by atoms with Gasteiger partial charge in [0.1, 0.15) is 0 Å². The molecule has 0 unspecified atom stereocenters. The summed E-state index contributed by atoms with van der Waals surface area (Å²) in [6, 6.07) is 0. The smallest absolute Gasteiger partial charge is 0.311 e. The van der Waals surface area contributed by atoms with Crippen LogP contribution in [0.5, 0.6) is 0 Å². The molecule has 0 N–H and O–H groups in total. The maximum Gasteiger partial charge on any atom is 0.311 e. The molecule has 4 heteroatoms. The standard InChI is InChI=1S/C13H24O3S/c1-7-16-11(15)13(5,6)9-8-10(14)17-12(2,3)4/h7-9H2,1-6H3. The van der Waals surface area contributed by atoms with Gasteiger partial charge in [0.25, 0.3) is 0 Å². The van der Waals surface area contributed by atoms with E-state index in [9.17, 15) is 9.59 Å². The molecule has 100 valence electrons. The number of ether oxygens (including phenoxy) is 1. The van der Waals surface area contributed by atoms with Gasteiger partial charge in [-0.2, -0.15) is 0 Å². The molecule has 17 heavy (non-hydrogen) atoms. The molecule has 0 amide bonds. The summed E-state index contributed by atoms with van der Waals surface area (Å²) in [4.78, 5) is 23.3. The largest absolute Gasteiger partial charge is 0.466 e. The lowest BCUT2D eigenvalue weighted by molar-refractivity contribution is -0.153. The second kappa shape index (κ2) is 6.43. The Kier molecular flexibility index (Phi) is 6.24. The molecule has 0 fully saturated rings. The number of rotatable bonds is 5. The minimum Gasteiger partial charge on any atom is -0.466 e. The highest BCUT2D eigenvalue weighted by molar-refractivity contribution is 8.14. The molecule has 0 saturated carbocycles. The lowest BCUT2D eigenvalue weighted by Crippen LogP contribution is -2.27. The van der Waals surface area contributed by atoms with E-state index in [2.05, 4.69) is 0 Å². The van der Waals surface area contributed by atoms with Crippen LogP contribution in [0, 0.1) is 5.41 Å². The predicted molar refractivity (Wildman–Crippen MR) is 72.0 cm³/mol. The van der Waals surface area contributed by atoms with Gasteiger partial charge < -0.3 is 4.74 Å². The Labute approximate surface area is 109 Å². The fourth-order valence-electron chi connectivity index (χ4n) is 1.24. The molecule has 0 rings (SSSR count). The predicted octanol–water partition coefficient (Wildman–Crippen LogP) is 3.41. The molecule has 0 radical (unpaired) electrons. The average Bonchev–Trinajstić information content (AvgIpc) is 2.12. The molecule has 0 aliphatic carbocycles. The molecule has 0 aliphatic heterocycles. The van der Waals surface area contributed by atoms with Gasteiger partial charge in [0.15, 0.2) is 5.12 Å². The number of esters is 1. The topological polar surface area (TPSA) is 43.4 Å². The van der Waals surface area contributed by atoms with Crippen LogP contribution >= 0.6 is 11.8 Å². The molecular weight excluding hydrogens is 236 g/mol. The van der Waals surface area contributed by atoms with Crippen molar-refractivity contribution in [3.05, 3.63) is 0 Å². The molecule has 0 atom stereocenters. The fourth-order valence-corrected chi connectivity index (χ4v) is 2.12. The summed E-state index contributed by atoms with van der Waals surface area (Å²) in [5.41, 5.74) is -0.579. The quantitative estimate of drug-likeness (QED) is 0.710. The highest BCUT2D eigenvalue weighted by Crippen LogP contribution is 2.30. The van der Waals surface area contributed by atoms with Crippen molar-refractivity contribution in [1.82, 2.24) is 0 Å². The Bertz CT molecular complexity index is 277. The summed E-state index contributed by atoms with van der Waals surface area (Å²) in [7, 11) is 0. The van der Waals surface area contributed by atoms with Crippen LogP contribution in [0.4, 0.5) is 0 Å². The normalized spacial score (nSPS) is 12.4. The summed E-state index contributed by atoms with van der Waals surface area (Å²) in [6.07, 6.45) is 0.946. The van der Waals surface area contributed by atoms with E-state index >= 15 is 0 Å². The van der Waals surface area contributed by atoms with Crippen LogP contribution in [-0.2, 0) is 14.3 Å². The van der Waals surface area contributed by atoms with Gasteiger partial charge in [0.05, 0.1) is 12.0 Å². The maximum absolute atomic E-state index is 11.7. The lowest BCUT2D eigenvalue weighted by Gasteiger charge is -2.22. The van der Waals surface area contributed by atoms with Crippen molar-refractivity contribution in [2.24, 2.45) is 5.41 Å². The second-order valence-corrected chi connectivity index (χ2v) is 7.58. The maximum atomic E-state index is 11.7. The number of carbonyl (C=O) groups excluding carboxylic acids is 2. The third-order valence-electron chi connectivity index (χ3n) is 2.20. The Hall–Kier alpha value is -0.510. The van der Waals surface area contributed by atoms with E-state index in [1.54, 1.807) is 6.92 Å². The Morgan fingerprint density at radius 1 is 1.12 bits per heavy atom. The number of hydrogen-bond donors (Lipinski definition) is 0. The van der Waals surface area contributed by atoms with E-state index in [1.165, 1.54) is 11.8 Å². The zero-order valence-corrected chi connectivity index (χ0v) is 12.6. The van der Waals surface area contributed by atoms with E-state index < -0.39 is 5.41 Å². The fraction of sp³-hybridized carbons (Fsp3) is 0.846. The molecule has 0 aliphatic rings. The SMILES string of the molecule is CCOC(=O)C(C)(C)CCC(=O)SC(C)(C)C. The molecule has 0 spiro atoms. The van der Waals surface area contributed by atoms with Gasteiger partial charge in [0.2, 0.25) is 0 Å². The second-order valence-electron chi connectivity index (χ2n) is 5.69. The van der Waals surface area contributed by atoms with Gasteiger partial charge in [-0.1, -0.05) is 32.5 Å². The molecule has 0 saturated heterocycles. The van der Waals surface area contributed by atoms with Crippen LogP contribution in [0.25, 0.3) is 0 Å². The van der Waals surface area contributed by atoms with Gasteiger partial charge in [-0.3, -0.25) is 9.59 Å². The van der Waals surface area contributed by atoms with Crippen LogP contribution in [0.3, 0.4) is 0 Å². The van der Waals surface area contributed by atoms with Gasteiger partial charge in [-0.15, -0.1) is 0 Å². The number of thioether (sulfide) groups is 1. The average molecular weight is 260 g/mol. The van der Waals surface area contributed by atoms with Gasteiger partial charge in [0, 0.05) is 11.2 Å². The third kappa shape index (κ3) is 7.42. The van der Waals surface area contributed by atoms with Crippen LogP contribution in [0.1, 0.15) is 54.4 Å².